The first-order valence-corrected chi connectivity index (χ1v) is 11.1. The molecule has 174 valence electrons. The van der Waals surface area contributed by atoms with Gasteiger partial charge in [0.2, 0.25) is 0 Å². The number of ether oxygens (including phenoxy) is 1. The zero-order chi connectivity index (χ0) is 24.3. The second kappa shape index (κ2) is 9.52. The van der Waals surface area contributed by atoms with Gasteiger partial charge in [0.05, 0.1) is 28.3 Å². The third-order valence-corrected chi connectivity index (χ3v) is 5.25. The molecular weight excluding hydrogens is 452 g/mol. The van der Waals surface area contributed by atoms with E-state index in [0.29, 0.717) is 28.0 Å². The van der Waals surface area contributed by atoms with E-state index < -0.39 is 6.03 Å². The van der Waals surface area contributed by atoms with Gasteiger partial charge in [-0.3, -0.25) is 15.3 Å². The van der Waals surface area contributed by atoms with Crippen LogP contribution in [0.1, 0.15) is 32.2 Å². The van der Waals surface area contributed by atoms with Crippen molar-refractivity contribution in [2.24, 2.45) is 0 Å². The monoisotopic (exact) mass is 476 g/mol. The first kappa shape index (κ1) is 23.3. The SMILES string of the molecule is Cc1ccc(-n2nc(C(C)(C)C)cc2NC(=O)Nc2ccc(Oc3ccncc3)cc2Cl)cn1. The first-order chi connectivity index (χ1) is 16.2. The number of hydrogen-bond donors (Lipinski definition) is 2. The van der Waals surface area contributed by atoms with Crippen molar-refractivity contribution >= 4 is 29.1 Å². The summed E-state index contributed by atoms with van der Waals surface area (Å²) < 4.78 is 7.42. The Hall–Kier alpha value is -3.91. The van der Waals surface area contributed by atoms with Crippen molar-refractivity contribution < 1.29 is 9.53 Å². The number of carbonyl (C=O) groups excluding carboxylic acids is 1. The maximum atomic E-state index is 12.8. The molecule has 0 saturated carbocycles. The summed E-state index contributed by atoms with van der Waals surface area (Å²) in [6, 6.07) is 13.7. The third kappa shape index (κ3) is 5.52. The quantitative estimate of drug-likeness (QED) is 0.349. The van der Waals surface area contributed by atoms with E-state index in [9.17, 15) is 4.79 Å². The molecule has 0 bridgehead atoms. The van der Waals surface area contributed by atoms with Gasteiger partial charge in [-0.2, -0.15) is 5.10 Å². The smallest absolute Gasteiger partial charge is 0.324 e. The molecule has 4 aromatic rings. The second-order valence-corrected chi connectivity index (χ2v) is 9.15. The number of halogens is 1. The lowest BCUT2D eigenvalue weighted by atomic mass is 9.92. The van der Waals surface area contributed by atoms with E-state index in [1.54, 1.807) is 53.6 Å². The van der Waals surface area contributed by atoms with Crippen molar-refractivity contribution in [3.8, 4) is 17.2 Å². The molecule has 0 unspecified atom stereocenters. The average Bonchev–Trinajstić information content (AvgIpc) is 3.21. The molecule has 34 heavy (non-hydrogen) atoms. The molecule has 1 aromatic carbocycles. The lowest BCUT2D eigenvalue weighted by molar-refractivity contribution is 0.262. The number of anilines is 2. The molecule has 8 nitrogen and oxygen atoms in total. The van der Waals surface area contributed by atoms with Crippen LogP contribution in [-0.4, -0.2) is 25.8 Å². The van der Waals surface area contributed by atoms with Gasteiger partial charge in [-0.15, -0.1) is 0 Å². The van der Waals surface area contributed by atoms with E-state index in [-0.39, 0.29) is 5.41 Å². The normalized spacial score (nSPS) is 11.2. The molecule has 0 fully saturated rings. The summed E-state index contributed by atoms with van der Waals surface area (Å²) in [6.07, 6.45) is 5.00. The minimum atomic E-state index is -0.452. The molecule has 9 heteroatoms. The summed E-state index contributed by atoms with van der Waals surface area (Å²) in [5, 5.41) is 10.7. The average molecular weight is 477 g/mol. The number of hydrogen-bond acceptors (Lipinski definition) is 5. The standard InChI is InChI=1S/C25H25ClN6O2/c1-16-5-6-17(15-28-16)32-23(14-22(31-32)25(2,3)4)30-24(33)29-21-8-7-19(13-20(21)26)34-18-9-11-27-12-10-18/h5-15H,1-4H3,(H2,29,30,33). The van der Waals surface area contributed by atoms with Crippen LogP contribution in [0.25, 0.3) is 5.69 Å². The third-order valence-electron chi connectivity index (χ3n) is 4.93. The van der Waals surface area contributed by atoms with E-state index in [1.165, 1.54) is 0 Å². The van der Waals surface area contributed by atoms with Crippen LogP contribution in [0.5, 0.6) is 11.5 Å². The fourth-order valence-electron chi connectivity index (χ4n) is 3.09. The highest BCUT2D eigenvalue weighted by Gasteiger charge is 2.22. The molecule has 2 amide bonds. The van der Waals surface area contributed by atoms with E-state index in [2.05, 4.69) is 41.4 Å². The fourth-order valence-corrected chi connectivity index (χ4v) is 3.31. The number of urea groups is 1. The van der Waals surface area contributed by atoms with Crippen LogP contribution in [0.3, 0.4) is 0 Å². The fraction of sp³-hybridized carbons (Fsp3) is 0.200. The number of aromatic nitrogens is 4. The predicted molar refractivity (Wildman–Crippen MR) is 133 cm³/mol. The van der Waals surface area contributed by atoms with Crippen LogP contribution < -0.4 is 15.4 Å². The molecule has 2 N–H and O–H groups in total. The van der Waals surface area contributed by atoms with E-state index in [4.69, 9.17) is 21.4 Å². The van der Waals surface area contributed by atoms with Gasteiger partial charge in [-0.1, -0.05) is 32.4 Å². The van der Waals surface area contributed by atoms with Crippen molar-refractivity contribution in [1.29, 1.82) is 0 Å². The van der Waals surface area contributed by atoms with Crippen molar-refractivity contribution in [2.75, 3.05) is 10.6 Å². The number of nitrogens with zero attached hydrogens (tertiary/aromatic N) is 4. The summed E-state index contributed by atoms with van der Waals surface area (Å²) in [7, 11) is 0. The molecule has 0 saturated heterocycles. The number of pyridine rings is 2. The van der Waals surface area contributed by atoms with E-state index in [1.807, 2.05) is 25.1 Å². The predicted octanol–water partition coefficient (Wildman–Crippen LogP) is 6.36. The number of amides is 2. The van der Waals surface area contributed by atoms with Crippen LogP contribution in [0.15, 0.2) is 67.1 Å². The van der Waals surface area contributed by atoms with E-state index >= 15 is 0 Å². The van der Waals surface area contributed by atoms with Gasteiger partial charge < -0.3 is 10.1 Å². The lowest BCUT2D eigenvalue weighted by Gasteiger charge is -2.14. The summed E-state index contributed by atoms with van der Waals surface area (Å²) in [4.78, 5) is 21.1. The Labute approximate surface area is 203 Å². The van der Waals surface area contributed by atoms with Crippen LogP contribution >= 0.6 is 11.6 Å². The minimum Gasteiger partial charge on any atom is -0.457 e. The number of aryl methyl sites for hydroxylation is 1. The Balaban J connectivity index is 1.52. The molecule has 4 rings (SSSR count). The highest BCUT2D eigenvalue weighted by atomic mass is 35.5. The first-order valence-electron chi connectivity index (χ1n) is 10.7. The Morgan fingerprint density at radius 3 is 2.41 bits per heavy atom. The van der Waals surface area contributed by atoms with Crippen LogP contribution in [0, 0.1) is 6.92 Å². The van der Waals surface area contributed by atoms with Crippen LogP contribution in [0.4, 0.5) is 16.3 Å². The molecule has 0 aliphatic rings. The molecule has 0 atom stereocenters. The Morgan fingerprint density at radius 1 is 1.00 bits per heavy atom. The summed E-state index contributed by atoms with van der Waals surface area (Å²) in [5.41, 5.74) is 2.71. The Kier molecular flexibility index (Phi) is 6.51. The van der Waals surface area contributed by atoms with Crippen molar-refractivity contribution in [2.45, 2.75) is 33.1 Å². The molecule has 3 heterocycles. The number of carbonyl (C=O) groups is 1. The number of benzene rings is 1. The zero-order valence-corrected chi connectivity index (χ0v) is 20.1. The maximum absolute atomic E-state index is 12.8. The summed E-state index contributed by atoms with van der Waals surface area (Å²) >= 11 is 6.39. The molecular formula is C25H25ClN6O2. The lowest BCUT2D eigenvalue weighted by Crippen LogP contribution is -2.21. The molecule has 0 spiro atoms. The second-order valence-electron chi connectivity index (χ2n) is 8.74. The van der Waals surface area contributed by atoms with Crippen LogP contribution in [-0.2, 0) is 5.41 Å². The highest BCUT2D eigenvalue weighted by Crippen LogP contribution is 2.30. The summed E-state index contributed by atoms with van der Waals surface area (Å²) in [6.45, 7) is 8.10. The van der Waals surface area contributed by atoms with Crippen LogP contribution in [0.2, 0.25) is 5.02 Å². The van der Waals surface area contributed by atoms with Gasteiger partial charge in [0.25, 0.3) is 0 Å². The van der Waals surface area contributed by atoms with Gasteiger partial charge in [-0.05, 0) is 43.3 Å². The minimum absolute atomic E-state index is 0.204. The van der Waals surface area contributed by atoms with Crippen molar-refractivity contribution in [1.82, 2.24) is 19.7 Å². The molecule has 0 aliphatic heterocycles. The van der Waals surface area contributed by atoms with Crippen molar-refractivity contribution in [3.05, 3.63) is 83.5 Å². The van der Waals surface area contributed by atoms with Gasteiger partial charge in [0, 0.05) is 35.6 Å². The van der Waals surface area contributed by atoms with Gasteiger partial charge >= 0.3 is 6.03 Å². The Bertz CT molecular complexity index is 1300. The number of rotatable bonds is 5. The van der Waals surface area contributed by atoms with Gasteiger partial charge in [0.15, 0.2) is 0 Å². The molecule has 0 aliphatic carbocycles. The highest BCUT2D eigenvalue weighted by molar-refractivity contribution is 6.34. The zero-order valence-electron chi connectivity index (χ0n) is 19.3. The van der Waals surface area contributed by atoms with E-state index in [0.717, 1.165) is 17.1 Å². The van der Waals surface area contributed by atoms with Gasteiger partial charge in [-0.25, -0.2) is 9.48 Å². The number of nitrogens with one attached hydrogen (secondary N) is 2. The molecule has 0 radical (unpaired) electrons. The summed E-state index contributed by atoms with van der Waals surface area (Å²) in [5.74, 6) is 1.70. The largest absolute Gasteiger partial charge is 0.457 e. The molecule has 3 aromatic heterocycles. The Morgan fingerprint density at radius 2 is 1.76 bits per heavy atom. The van der Waals surface area contributed by atoms with Gasteiger partial charge in [0.1, 0.15) is 17.3 Å². The maximum Gasteiger partial charge on any atom is 0.324 e. The van der Waals surface area contributed by atoms with Crippen molar-refractivity contribution in [3.63, 3.8) is 0 Å². The topological polar surface area (TPSA) is 94.0 Å².